The van der Waals surface area contributed by atoms with Crippen molar-refractivity contribution in [3.05, 3.63) is 52.5 Å². The Morgan fingerprint density at radius 1 is 1.21 bits per heavy atom. The molecule has 6 nitrogen and oxygen atoms in total. The molecule has 4 rings (SSSR count). The van der Waals surface area contributed by atoms with E-state index in [0.717, 1.165) is 21.5 Å². The first kappa shape index (κ1) is 14.9. The molecule has 0 spiro atoms. The lowest BCUT2D eigenvalue weighted by Crippen LogP contribution is -2.38. The molecule has 3 heterocycles. The van der Waals surface area contributed by atoms with Gasteiger partial charge in [-0.25, -0.2) is 9.37 Å². The maximum absolute atomic E-state index is 13.0. The molecule has 0 radical (unpaired) electrons. The Hall–Kier alpha value is -2.61. The summed E-state index contributed by atoms with van der Waals surface area (Å²) in [6.07, 6.45) is 1.81. The lowest BCUT2D eigenvalue weighted by molar-refractivity contribution is 0.0708. The summed E-state index contributed by atoms with van der Waals surface area (Å²) in [5.74, 6) is 1.00. The van der Waals surface area contributed by atoms with Crippen molar-refractivity contribution in [3.8, 4) is 10.8 Å². The van der Waals surface area contributed by atoms with E-state index in [2.05, 4.69) is 15.2 Å². The van der Waals surface area contributed by atoms with Crippen molar-refractivity contribution in [1.82, 2.24) is 24.6 Å². The Kier molecular flexibility index (Phi) is 3.61. The molecule has 1 amide bonds. The van der Waals surface area contributed by atoms with E-state index in [9.17, 15) is 9.18 Å². The summed E-state index contributed by atoms with van der Waals surface area (Å²) in [5.41, 5.74) is 0.472. The van der Waals surface area contributed by atoms with Crippen molar-refractivity contribution in [2.45, 2.75) is 20.0 Å². The number of fused-ring (bicyclic) bond motifs is 1. The van der Waals surface area contributed by atoms with Gasteiger partial charge in [0.1, 0.15) is 5.82 Å². The molecule has 1 aromatic carbocycles. The highest BCUT2D eigenvalue weighted by Crippen LogP contribution is 2.26. The van der Waals surface area contributed by atoms with Gasteiger partial charge in [0.15, 0.2) is 16.7 Å². The monoisotopic (exact) mass is 343 g/mol. The Bertz CT molecular complexity index is 902. The quantitative estimate of drug-likeness (QED) is 0.717. The van der Waals surface area contributed by atoms with Crippen molar-refractivity contribution < 1.29 is 9.18 Å². The van der Waals surface area contributed by atoms with Gasteiger partial charge >= 0.3 is 0 Å². The normalized spacial score (nSPS) is 13.8. The van der Waals surface area contributed by atoms with Crippen LogP contribution in [0.1, 0.15) is 21.1 Å². The predicted octanol–water partition coefficient (Wildman–Crippen LogP) is 2.51. The summed E-state index contributed by atoms with van der Waals surface area (Å²) in [5, 5.41) is 9.28. The molecule has 1 aliphatic heterocycles. The Balaban J connectivity index is 1.57. The van der Waals surface area contributed by atoms with Crippen LogP contribution in [0.3, 0.4) is 0 Å². The van der Waals surface area contributed by atoms with E-state index in [1.165, 1.54) is 24.3 Å². The van der Waals surface area contributed by atoms with Crippen LogP contribution in [-0.4, -0.2) is 37.1 Å². The van der Waals surface area contributed by atoms with Crippen molar-refractivity contribution in [1.29, 1.82) is 0 Å². The number of carbonyl (C=O) groups excluding carboxylic acids is 1. The molecular formula is C16H14FN5OS. The van der Waals surface area contributed by atoms with Crippen LogP contribution in [-0.2, 0) is 13.1 Å². The summed E-state index contributed by atoms with van der Waals surface area (Å²) < 4.78 is 15.0. The average Bonchev–Trinajstić information content (AvgIpc) is 3.20. The van der Waals surface area contributed by atoms with Gasteiger partial charge in [-0.2, -0.15) is 0 Å². The first-order valence-corrected chi connectivity index (χ1v) is 8.33. The van der Waals surface area contributed by atoms with E-state index in [1.807, 2.05) is 17.7 Å². The van der Waals surface area contributed by atoms with Gasteiger partial charge in [-0.15, -0.1) is 21.5 Å². The minimum absolute atomic E-state index is 0.129. The van der Waals surface area contributed by atoms with Gasteiger partial charge in [0.2, 0.25) is 0 Å². The molecule has 0 aliphatic carbocycles. The van der Waals surface area contributed by atoms with E-state index in [1.54, 1.807) is 16.2 Å². The summed E-state index contributed by atoms with van der Waals surface area (Å²) >= 11 is 1.57. The van der Waals surface area contributed by atoms with Crippen molar-refractivity contribution >= 4 is 17.2 Å². The first-order valence-electron chi connectivity index (χ1n) is 7.51. The molecule has 0 bridgehead atoms. The smallest absolute Gasteiger partial charge is 0.254 e. The molecular weight excluding hydrogens is 329 g/mol. The third-order valence-corrected chi connectivity index (χ3v) is 4.85. The molecule has 0 saturated heterocycles. The van der Waals surface area contributed by atoms with E-state index >= 15 is 0 Å². The lowest BCUT2D eigenvalue weighted by atomic mass is 10.2. The highest BCUT2D eigenvalue weighted by Gasteiger charge is 2.26. The fraction of sp³-hybridized carbons (Fsp3) is 0.250. The van der Waals surface area contributed by atoms with E-state index in [4.69, 9.17) is 0 Å². The van der Waals surface area contributed by atoms with Gasteiger partial charge in [0.25, 0.3) is 5.91 Å². The minimum Gasteiger partial charge on any atom is -0.329 e. The van der Waals surface area contributed by atoms with Crippen LogP contribution in [0.15, 0.2) is 30.5 Å². The maximum Gasteiger partial charge on any atom is 0.254 e. The molecule has 24 heavy (non-hydrogen) atoms. The second-order valence-electron chi connectivity index (χ2n) is 5.60. The second-order valence-corrected chi connectivity index (χ2v) is 6.84. The number of thiazole rings is 1. The molecule has 2 aromatic heterocycles. The molecule has 0 saturated carbocycles. The minimum atomic E-state index is -0.353. The number of hydrogen-bond donors (Lipinski definition) is 0. The number of benzene rings is 1. The van der Waals surface area contributed by atoms with Crippen LogP contribution in [0.25, 0.3) is 10.8 Å². The molecule has 0 atom stereocenters. The molecule has 122 valence electrons. The fourth-order valence-corrected chi connectivity index (χ4v) is 3.48. The van der Waals surface area contributed by atoms with E-state index in [0.29, 0.717) is 25.2 Å². The number of aryl methyl sites for hydroxylation is 1. The van der Waals surface area contributed by atoms with Crippen LogP contribution in [0.5, 0.6) is 0 Å². The Labute approximate surface area is 141 Å². The summed E-state index contributed by atoms with van der Waals surface area (Å²) in [7, 11) is 0. The van der Waals surface area contributed by atoms with Gasteiger partial charge in [0, 0.05) is 29.7 Å². The summed E-state index contributed by atoms with van der Waals surface area (Å²) in [6, 6.07) is 5.59. The first-order chi connectivity index (χ1) is 11.6. The van der Waals surface area contributed by atoms with Gasteiger partial charge in [0.05, 0.1) is 6.54 Å². The number of aromatic nitrogens is 4. The fourth-order valence-electron chi connectivity index (χ4n) is 2.72. The number of hydrogen-bond acceptors (Lipinski definition) is 5. The number of nitrogens with zero attached hydrogens (tertiary/aromatic N) is 5. The number of halogens is 1. The highest BCUT2D eigenvalue weighted by atomic mass is 32.1. The van der Waals surface area contributed by atoms with Gasteiger partial charge in [-0.1, -0.05) is 0 Å². The summed E-state index contributed by atoms with van der Waals surface area (Å²) in [4.78, 5) is 19.7. The number of carbonyl (C=O) groups is 1. The number of amides is 1. The summed E-state index contributed by atoms with van der Waals surface area (Å²) in [6.45, 7) is 3.55. The van der Waals surface area contributed by atoms with Crippen molar-refractivity contribution in [2.75, 3.05) is 6.54 Å². The van der Waals surface area contributed by atoms with Gasteiger partial charge in [-0.3, -0.25) is 4.79 Å². The Morgan fingerprint density at radius 2 is 2.00 bits per heavy atom. The van der Waals surface area contributed by atoms with Crippen LogP contribution >= 0.6 is 11.3 Å². The zero-order valence-electron chi connectivity index (χ0n) is 12.9. The standard InChI is InChI=1S/C16H14FN5OS/c1-10-8-18-15(24-10)14-20-19-13-9-21(6-7-22(13)14)16(23)11-2-4-12(17)5-3-11/h2-5,8H,6-7,9H2,1H3. The van der Waals surface area contributed by atoms with Crippen LogP contribution in [0.4, 0.5) is 4.39 Å². The maximum atomic E-state index is 13.0. The number of rotatable bonds is 2. The zero-order chi connectivity index (χ0) is 16.7. The van der Waals surface area contributed by atoms with Crippen LogP contribution in [0, 0.1) is 12.7 Å². The van der Waals surface area contributed by atoms with Crippen LogP contribution in [0.2, 0.25) is 0 Å². The second kappa shape index (κ2) is 5.79. The topological polar surface area (TPSA) is 63.9 Å². The van der Waals surface area contributed by atoms with Gasteiger partial charge in [-0.05, 0) is 31.2 Å². The molecule has 3 aromatic rings. The molecule has 0 unspecified atom stereocenters. The van der Waals surface area contributed by atoms with Crippen molar-refractivity contribution in [3.63, 3.8) is 0 Å². The van der Waals surface area contributed by atoms with Crippen molar-refractivity contribution in [2.24, 2.45) is 0 Å². The third-order valence-electron chi connectivity index (χ3n) is 3.94. The Morgan fingerprint density at radius 3 is 2.71 bits per heavy atom. The average molecular weight is 343 g/mol. The van der Waals surface area contributed by atoms with E-state index < -0.39 is 0 Å². The van der Waals surface area contributed by atoms with E-state index in [-0.39, 0.29) is 11.7 Å². The largest absolute Gasteiger partial charge is 0.329 e. The third kappa shape index (κ3) is 2.58. The predicted molar refractivity (Wildman–Crippen MR) is 87.0 cm³/mol. The zero-order valence-corrected chi connectivity index (χ0v) is 13.8. The lowest BCUT2D eigenvalue weighted by Gasteiger charge is -2.27. The molecule has 0 N–H and O–H groups in total. The SMILES string of the molecule is Cc1cnc(-c2nnc3n2CCN(C(=O)c2ccc(F)cc2)C3)s1. The molecule has 0 fully saturated rings. The molecule has 8 heteroatoms. The molecule has 1 aliphatic rings. The van der Waals surface area contributed by atoms with Crippen LogP contribution < -0.4 is 0 Å². The van der Waals surface area contributed by atoms with Gasteiger partial charge < -0.3 is 9.47 Å². The highest BCUT2D eigenvalue weighted by molar-refractivity contribution is 7.14.